The molecule has 3 nitrogen and oxygen atoms in total. The third-order valence-corrected chi connectivity index (χ3v) is 4.31. The van der Waals surface area contributed by atoms with Gasteiger partial charge in [-0.2, -0.15) is 18.3 Å². The van der Waals surface area contributed by atoms with Gasteiger partial charge in [0.2, 0.25) is 0 Å². The van der Waals surface area contributed by atoms with Crippen LogP contribution in [0.1, 0.15) is 48.4 Å². The van der Waals surface area contributed by atoms with Gasteiger partial charge in [-0.3, -0.25) is 4.68 Å². The summed E-state index contributed by atoms with van der Waals surface area (Å²) < 4.78 is 93.9. The van der Waals surface area contributed by atoms with Crippen molar-refractivity contribution in [3.05, 3.63) is 17.0 Å². The van der Waals surface area contributed by atoms with Crippen LogP contribution in [0, 0.1) is 0 Å². The van der Waals surface area contributed by atoms with Crippen molar-refractivity contribution in [3.63, 3.8) is 0 Å². The maximum Gasteiger partial charge on any atom is 0.435 e. The number of hydrogen-bond donors (Lipinski definition) is 1. The summed E-state index contributed by atoms with van der Waals surface area (Å²) in [7, 11) is 0. The number of aromatic nitrogens is 2. The first-order chi connectivity index (χ1) is 10.5. The van der Waals surface area contributed by atoms with E-state index in [-0.39, 0.29) is 19.3 Å². The summed E-state index contributed by atoms with van der Waals surface area (Å²) >= 11 is 0. The molecule has 2 aliphatic carbocycles. The van der Waals surface area contributed by atoms with Crippen LogP contribution in [0.3, 0.4) is 0 Å². The molecule has 23 heavy (non-hydrogen) atoms. The van der Waals surface area contributed by atoms with Gasteiger partial charge in [0.15, 0.2) is 5.69 Å². The fourth-order valence-corrected chi connectivity index (χ4v) is 3.34. The number of rotatable bonds is 1. The number of alkyl halides is 7. The van der Waals surface area contributed by atoms with Crippen LogP contribution >= 0.6 is 0 Å². The topological polar surface area (TPSA) is 38.1 Å². The monoisotopic (exact) mass is 346 g/mol. The molecule has 4 atom stereocenters. The second-order valence-electron chi connectivity index (χ2n) is 6.05. The Labute approximate surface area is 126 Å². The molecule has 0 amide bonds. The Kier molecular flexibility index (Phi) is 3.66. The number of aliphatic hydroxyl groups is 1. The molecule has 1 heterocycles. The summed E-state index contributed by atoms with van der Waals surface area (Å²) in [5.74, 6) is -3.77. The van der Waals surface area contributed by atoms with Gasteiger partial charge in [0.25, 0.3) is 5.92 Å². The molecule has 0 spiro atoms. The van der Waals surface area contributed by atoms with E-state index in [2.05, 4.69) is 5.10 Å². The van der Waals surface area contributed by atoms with Crippen LogP contribution < -0.4 is 0 Å². The van der Waals surface area contributed by atoms with Gasteiger partial charge >= 0.3 is 6.18 Å². The molecule has 2 unspecified atom stereocenters. The van der Waals surface area contributed by atoms with Crippen LogP contribution in [0.15, 0.2) is 0 Å². The highest BCUT2D eigenvalue weighted by Gasteiger charge is 2.55. The Morgan fingerprint density at radius 3 is 2.17 bits per heavy atom. The molecule has 3 rings (SSSR count). The summed E-state index contributed by atoms with van der Waals surface area (Å²) in [6.07, 6.45) is -12.9. The average Bonchev–Trinajstić information content (AvgIpc) is 2.84. The van der Waals surface area contributed by atoms with E-state index < -0.39 is 60.0 Å². The van der Waals surface area contributed by atoms with Crippen LogP contribution in [0.4, 0.5) is 30.7 Å². The van der Waals surface area contributed by atoms with Crippen molar-refractivity contribution in [3.8, 4) is 0 Å². The molecular weight excluding hydrogens is 333 g/mol. The maximum absolute atomic E-state index is 13.6. The Hall–Kier alpha value is -1.32. The van der Waals surface area contributed by atoms with E-state index in [0.29, 0.717) is 4.68 Å². The molecule has 130 valence electrons. The number of hydrogen-bond acceptors (Lipinski definition) is 2. The first-order valence-electron chi connectivity index (χ1n) is 7.03. The van der Waals surface area contributed by atoms with Gasteiger partial charge in [-0.25, -0.2) is 17.6 Å². The molecule has 0 aromatic carbocycles. The van der Waals surface area contributed by atoms with E-state index in [1.165, 1.54) is 0 Å². The van der Waals surface area contributed by atoms with Crippen molar-refractivity contribution in [2.75, 3.05) is 0 Å². The van der Waals surface area contributed by atoms with Crippen LogP contribution in [0.2, 0.25) is 0 Å². The number of halogens is 7. The van der Waals surface area contributed by atoms with Crippen molar-refractivity contribution >= 4 is 0 Å². The number of aliphatic hydroxyl groups excluding tert-OH is 1. The molecule has 1 fully saturated rings. The van der Waals surface area contributed by atoms with Crippen molar-refractivity contribution in [2.45, 2.75) is 62.3 Å². The van der Waals surface area contributed by atoms with Gasteiger partial charge in [-0.1, -0.05) is 0 Å². The zero-order valence-electron chi connectivity index (χ0n) is 11.6. The molecule has 0 aliphatic heterocycles. The fourth-order valence-electron chi connectivity index (χ4n) is 3.34. The summed E-state index contributed by atoms with van der Waals surface area (Å²) in [4.78, 5) is 0. The zero-order valence-corrected chi connectivity index (χ0v) is 11.6. The van der Waals surface area contributed by atoms with Gasteiger partial charge in [0.1, 0.15) is 18.4 Å². The molecule has 1 N–H and O–H groups in total. The molecule has 0 saturated heterocycles. The van der Waals surface area contributed by atoms with E-state index in [9.17, 15) is 35.8 Å². The average molecular weight is 346 g/mol. The SMILES string of the molecule is OC1c2c(C(F)(F)F)nn(C3C[C@@H](F)C[C@@H](F)C3)c2CC1(F)F. The standard InChI is InChI=1S/C13H13F7N2O/c14-5-1-6(15)3-7(2-5)22-8-4-12(16,17)11(23)9(8)10(21-22)13(18,19)20/h5-7,11,23H,1-4H2/t5-,6+,7?,11?. The highest BCUT2D eigenvalue weighted by atomic mass is 19.4. The molecule has 10 heteroatoms. The van der Waals surface area contributed by atoms with Gasteiger partial charge < -0.3 is 5.11 Å². The second kappa shape index (κ2) is 5.09. The smallest absolute Gasteiger partial charge is 0.382 e. The third-order valence-electron chi connectivity index (χ3n) is 4.31. The minimum absolute atomic E-state index is 0.298. The van der Waals surface area contributed by atoms with Crippen molar-refractivity contribution in [1.82, 2.24) is 9.78 Å². The van der Waals surface area contributed by atoms with E-state index in [1.807, 2.05) is 0 Å². The Balaban J connectivity index is 2.08. The quantitative estimate of drug-likeness (QED) is 0.790. The molecular formula is C13H13F7N2O. The molecule has 0 bridgehead atoms. The summed E-state index contributed by atoms with van der Waals surface area (Å²) in [6, 6.07) is -1.08. The normalized spacial score (nSPS) is 33.7. The van der Waals surface area contributed by atoms with E-state index in [4.69, 9.17) is 0 Å². The van der Waals surface area contributed by atoms with Crippen molar-refractivity contribution in [1.29, 1.82) is 0 Å². The van der Waals surface area contributed by atoms with Crippen LogP contribution in [-0.4, -0.2) is 33.2 Å². The Bertz CT molecular complexity index is 602. The minimum atomic E-state index is -5.05. The van der Waals surface area contributed by atoms with Crippen LogP contribution in [0.25, 0.3) is 0 Å². The lowest BCUT2D eigenvalue weighted by atomic mass is 9.92. The highest BCUT2D eigenvalue weighted by molar-refractivity contribution is 5.38. The molecule has 2 aliphatic rings. The van der Waals surface area contributed by atoms with Crippen molar-refractivity contribution < 1.29 is 35.8 Å². The van der Waals surface area contributed by atoms with Gasteiger partial charge in [-0.05, 0) is 0 Å². The number of fused-ring (bicyclic) bond motifs is 1. The number of nitrogens with zero attached hydrogens (tertiary/aromatic N) is 2. The van der Waals surface area contributed by atoms with Gasteiger partial charge in [0.05, 0.1) is 18.2 Å². The zero-order chi connectivity index (χ0) is 17.2. The summed E-state index contributed by atoms with van der Waals surface area (Å²) in [5, 5.41) is 12.8. The molecule has 1 aromatic rings. The second-order valence-corrected chi connectivity index (χ2v) is 6.05. The van der Waals surface area contributed by atoms with Crippen molar-refractivity contribution in [2.24, 2.45) is 0 Å². The lowest BCUT2D eigenvalue weighted by molar-refractivity contribution is -0.146. The molecule has 0 radical (unpaired) electrons. The maximum atomic E-state index is 13.6. The molecule has 1 saturated carbocycles. The van der Waals surface area contributed by atoms with Crippen LogP contribution in [0.5, 0.6) is 0 Å². The first kappa shape index (κ1) is 16.5. The predicted molar refractivity (Wildman–Crippen MR) is 63.5 cm³/mol. The van der Waals surface area contributed by atoms with Crippen LogP contribution in [-0.2, 0) is 12.6 Å². The van der Waals surface area contributed by atoms with E-state index in [1.54, 1.807) is 0 Å². The van der Waals surface area contributed by atoms with Gasteiger partial charge in [-0.15, -0.1) is 0 Å². The first-order valence-corrected chi connectivity index (χ1v) is 7.03. The highest BCUT2D eigenvalue weighted by Crippen LogP contribution is 2.49. The summed E-state index contributed by atoms with van der Waals surface area (Å²) in [6.45, 7) is 0. The minimum Gasteiger partial charge on any atom is -0.382 e. The predicted octanol–water partition coefficient (Wildman–Crippen LogP) is 3.53. The Morgan fingerprint density at radius 2 is 1.65 bits per heavy atom. The lowest BCUT2D eigenvalue weighted by Gasteiger charge is -2.28. The Morgan fingerprint density at radius 1 is 1.09 bits per heavy atom. The lowest BCUT2D eigenvalue weighted by Crippen LogP contribution is -2.30. The van der Waals surface area contributed by atoms with E-state index >= 15 is 0 Å². The third kappa shape index (κ3) is 2.70. The fraction of sp³-hybridized carbons (Fsp3) is 0.769. The summed E-state index contributed by atoms with van der Waals surface area (Å²) in [5.41, 5.74) is -3.10. The molecule has 1 aromatic heterocycles. The van der Waals surface area contributed by atoms with E-state index in [0.717, 1.165) is 0 Å². The largest absolute Gasteiger partial charge is 0.435 e. The van der Waals surface area contributed by atoms with Gasteiger partial charge in [0, 0.05) is 24.8 Å².